The van der Waals surface area contributed by atoms with E-state index >= 15 is 4.39 Å². The number of halogens is 2. The molecule has 27 heavy (non-hydrogen) atoms. The number of carbonyl (C=O) groups is 1. The summed E-state index contributed by atoms with van der Waals surface area (Å²) in [4.78, 5) is 21.6. The highest BCUT2D eigenvalue weighted by atomic mass is 35.5. The Bertz CT molecular complexity index is 1020. The number of aldehydes is 1. The average Bonchev–Trinajstić information content (AvgIpc) is 3.05. The number of morpholine rings is 1. The summed E-state index contributed by atoms with van der Waals surface area (Å²) in [5.74, 6) is -0.644. The van der Waals surface area contributed by atoms with Crippen molar-refractivity contribution in [2.24, 2.45) is 0 Å². The number of anilines is 1. The number of aromatic nitrogens is 3. The van der Waals surface area contributed by atoms with Gasteiger partial charge in [-0.05, 0) is 19.9 Å². The van der Waals surface area contributed by atoms with E-state index in [2.05, 4.69) is 15.1 Å². The molecule has 1 saturated heterocycles. The lowest BCUT2D eigenvalue weighted by atomic mass is 10.0. The lowest BCUT2D eigenvalue weighted by Gasteiger charge is -2.37. The Balaban J connectivity index is 1.90. The standard InChI is InChI=1S/C18H16ClFN4O3/c1-9-6-24(7-10(2)26-9)16-11(8-25)5-12-14(23-27-17(12)13(16)20)15-18(19)22-4-3-21-15/h3-5,8-10H,6-7H2,1-2H3/t9-,10+. The second kappa shape index (κ2) is 6.86. The Morgan fingerprint density at radius 3 is 2.59 bits per heavy atom. The fourth-order valence-corrected chi connectivity index (χ4v) is 3.66. The summed E-state index contributed by atoms with van der Waals surface area (Å²) in [6.07, 6.45) is 3.32. The van der Waals surface area contributed by atoms with Gasteiger partial charge in [-0.3, -0.25) is 4.79 Å². The van der Waals surface area contributed by atoms with E-state index in [1.165, 1.54) is 12.4 Å². The molecule has 9 heteroatoms. The van der Waals surface area contributed by atoms with Crippen molar-refractivity contribution in [3.63, 3.8) is 0 Å². The maximum atomic E-state index is 15.3. The molecule has 0 spiro atoms. The highest BCUT2D eigenvalue weighted by molar-refractivity contribution is 6.32. The molecule has 0 amide bonds. The maximum Gasteiger partial charge on any atom is 0.205 e. The van der Waals surface area contributed by atoms with Crippen molar-refractivity contribution in [2.75, 3.05) is 18.0 Å². The number of benzene rings is 1. The van der Waals surface area contributed by atoms with Crippen LogP contribution in [-0.2, 0) is 4.74 Å². The molecule has 0 N–H and O–H groups in total. The van der Waals surface area contributed by atoms with Crippen molar-refractivity contribution in [2.45, 2.75) is 26.1 Å². The van der Waals surface area contributed by atoms with Gasteiger partial charge in [-0.1, -0.05) is 16.8 Å². The van der Waals surface area contributed by atoms with Crippen molar-refractivity contribution >= 4 is 34.5 Å². The van der Waals surface area contributed by atoms with Gasteiger partial charge in [0.2, 0.25) is 5.58 Å². The van der Waals surface area contributed by atoms with Crippen LogP contribution in [0.15, 0.2) is 23.0 Å². The van der Waals surface area contributed by atoms with Crippen LogP contribution in [0.4, 0.5) is 10.1 Å². The summed E-state index contributed by atoms with van der Waals surface area (Å²) in [6, 6.07) is 1.54. The van der Waals surface area contributed by atoms with Gasteiger partial charge < -0.3 is 14.2 Å². The van der Waals surface area contributed by atoms with Gasteiger partial charge in [0.1, 0.15) is 11.4 Å². The van der Waals surface area contributed by atoms with E-state index in [9.17, 15) is 4.79 Å². The van der Waals surface area contributed by atoms with Crippen LogP contribution in [0, 0.1) is 5.82 Å². The minimum absolute atomic E-state index is 0.0564. The van der Waals surface area contributed by atoms with Crippen LogP contribution in [0.3, 0.4) is 0 Å². The van der Waals surface area contributed by atoms with Gasteiger partial charge in [-0.15, -0.1) is 0 Å². The minimum Gasteiger partial charge on any atom is -0.372 e. The first-order valence-electron chi connectivity index (χ1n) is 8.44. The summed E-state index contributed by atoms with van der Waals surface area (Å²) in [6.45, 7) is 4.74. The molecule has 3 aromatic rings. The van der Waals surface area contributed by atoms with Crippen LogP contribution in [0.5, 0.6) is 0 Å². The number of carbonyl (C=O) groups excluding carboxylic acids is 1. The second-order valence-electron chi connectivity index (χ2n) is 6.51. The molecule has 2 aromatic heterocycles. The van der Waals surface area contributed by atoms with E-state index in [-0.39, 0.29) is 45.6 Å². The number of fused-ring (bicyclic) bond motifs is 1. The van der Waals surface area contributed by atoms with Gasteiger partial charge in [-0.2, -0.15) is 0 Å². The molecule has 140 valence electrons. The predicted molar refractivity (Wildman–Crippen MR) is 97.6 cm³/mol. The summed E-state index contributed by atoms with van der Waals surface area (Å²) < 4.78 is 26.3. The van der Waals surface area contributed by atoms with Crippen LogP contribution >= 0.6 is 11.6 Å². The topological polar surface area (TPSA) is 81.4 Å². The zero-order chi connectivity index (χ0) is 19.1. The fourth-order valence-electron chi connectivity index (χ4n) is 3.47. The van der Waals surface area contributed by atoms with Crippen LogP contribution in [-0.4, -0.2) is 46.7 Å². The molecular formula is C18H16ClFN4O3. The molecule has 2 atom stereocenters. The van der Waals surface area contributed by atoms with Gasteiger partial charge in [0.25, 0.3) is 0 Å². The van der Waals surface area contributed by atoms with Gasteiger partial charge in [0.15, 0.2) is 17.3 Å². The molecule has 0 aliphatic carbocycles. The molecule has 1 aliphatic heterocycles. The van der Waals surface area contributed by atoms with Gasteiger partial charge in [0, 0.05) is 31.0 Å². The van der Waals surface area contributed by atoms with Gasteiger partial charge in [-0.25, -0.2) is 14.4 Å². The molecule has 4 rings (SSSR count). The largest absolute Gasteiger partial charge is 0.372 e. The van der Waals surface area contributed by atoms with E-state index < -0.39 is 5.82 Å². The lowest BCUT2D eigenvalue weighted by Crippen LogP contribution is -2.46. The Kier molecular flexibility index (Phi) is 4.53. The third-order valence-corrected chi connectivity index (χ3v) is 4.73. The smallest absolute Gasteiger partial charge is 0.205 e. The second-order valence-corrected chi connectivity index (χ2v) is 6.87. The third-order valence-electron chi connectivity index (χ3n) is 4.45. The Labute approximate surface area is 159 Å². The average molecular weight is 391 g/mol. The predicted octanol–water partition coefficient (Wildman–Crippen LogP) is 3.50. The highest BCUT2D eigenvalue weighted by Crippen LogP contribution is 2.37. The van der Waals surface area contributed by atoms with Crippen molar-refractivity contribution < 1.29 is 18.4 Å². The van der Waals surface area contributed by atoms with E-state index in [0.29, 0.717) is 24.8 Å². The molecule has 1 aliphatic rings. The number of hydrogen-bond donors (Lipinski definition) is 0. The van der Waals surface area contributed by atoms with E-state index in [0.717, 1.165) is 0 Å². The van der Waals surface area contributed by atoms with E-state index in [1.54, 1.807) is 11.0 Å². The minimum atomic E-state index is -0.644. The molecule has 1 aromatic carbocycles. The molecule has 0 saturated carbocycles. The lowest BCUT2D eigenvalue weighted by molar-refractivity contribution is -0.00543. The number of ether oxygens (including phenoxy) is 1. The third kappa shape index (κ3) is 3.04. The number of hydrogen-bond acceptors (Lipinski definition) is 7. The Morgan fingerprint density at radius 2 is 1.93 bits per heavy atom. The van der Waals surface area contributed by atoms with Crippen molar-refractivity contribution in [1.29, 1.82) is 0 Å². The SMILES string of the molecule is C[C@@H]1CN(c2c(C=O)cc3c(-c4nccnc4Cl)noc3c2F)C[C@H](C)O1. The van der Waals surface area contributed by atoms with Crippen molar-refractivity contribution in [3.05, 3.63) is 35.0 Å². The molecule has 7 nitrogen and oxygen atoms in total. The molecule has 0 radical (unpaired) electrons. The summed E-state index contributed by atoms with van der Waals surface area (Å²) >= 11 is 6.07. The van der Waals surface area contributed by atoms with Crippen LogP contribution in [0.1, 0.15) is 24.2 Å². The fraction of sp³-hybridized carbons (Fsp3) is 0.333. The van der Waals surface area contributed by atoms with E-state index in [4.69, 9.17) is 20.9 Å². The van der Waals surface area contributed by atoms with Crippen LogP contribution in [0.2, 0.25) is 5.15 Å². The highest BCUT2D eigenvalue weighted by Gasteiger charge is 2.29. The van der Waals surface area contributed by atoms with Crippen LogP contribution in [0.25, 0.3) is 22.4 Å². The molecule has 1 fully saturated rings. The zero-order valence-corrected chi connectivity index (χ0v) is 15.4. The Morgan fingerprint density at radius 1 is 1.22 bits per heavy atom. The van der Waals surface area contributed by atoms with Crippen molar-refractivity contribution in [3.8, 4) is 11.4 Å². The number of nitrogens with zero attached hydrogens (tertiary/aromatic N) is 4. The summed E-state index contributed by atoms with van der Waals surface area (Å²) in [5, 5.41) is 4.34. The molecular weight excluding hydrogens is 375 g/mol. The molecule has 0 bridgehead atoms. The molecule has 3 heterocycles. The maximum absolute atomic E-state index is 15.3. The molecule has 0 unspecified atom stereocenters. The number of rotatable bonds is 3. The first kappa shape index (κ1) is 17.8. The monoisotopic (exact) mass is 390 g/mol. The Hall–Kier alpha value is -2.58. The first-order chi connectivity index (χ1) is 13.0. The first-order valence-corrected chi connectivity index (χ1v) is 8.81. The summed E-state index contributed by atoms with van der Waals surface area (Å²) in [5.41, 5.74) is 0.827. The van der Waals surface area contributed by atoms with Gasteiger partial charge in [0.05, 0.1) is 23.3 Å². The quantitative estimate of drug-likeness (QED) is 0.633. The van der Waals surface area contributed by atoms with Crippen LogP contribution < -0.4 is 4.90 Å². The normalized spacial score (nSPS) is 20.2. The van der Waals surface area contributed by atoms with Crippen molar-refractivity contribution in [1.82, 2.24) is 15.1 Å². The zero-order valence-electron chi connectivity index (χ0n) is 14.6. The summed E-state index contributed by atoms with van der Waals surface area (Å²) in [7, 11) is 0. The van der Waals surface area contributed by atoms with E-state index in [1.807, 2.05) is 13.8 Å². The van der Waals surface area contributed by atoms with Gasteiger partial charge >= 0.3 is 0 Å².